The minimum absolute atomic E-state index is 0.0755. The van der Waals surface area contributed by atoms with E-state index in [1.54, 1.807) is 30.0 Å². The molecule has 156 valence electrons. The average molecular weight is 427 g/mol. The first-order valence-electron chi connectivity index (χ1n) is 9.20. The van der Waals surface area contributed by atoms with Crippen molar-refractivity contribution in [3.63, 3.8) is 0 Å². The number of rotatable bonds is 5. The minimum Gasteiger partial charge on any atom is -0.466 e. The lowest BCUT2D eigenvalue weighted by molar-refractivity contribution is -0.151. The van der Waals surface area contributed by atoms with E-state index in [9.17, 15) is 22.8 Å². The number of fused-ring (bicyclic) bond motifs is 1. The maximum absolute atomic E-state index is 13.1. The highest BCUT2D eigenvalue weighted by molar-refractivity contribution is 8.00. The molecule has 0 saturated carbocycles. The van der Waals surface area contributed by atoms with Gasteiger partial charge in [-0.3, -0.25) is 9.59 Å². The number of ether oxygens (including phenoxy) is 1. The predicted octanol–water partition coefficient (Wildman–Crippen LogP) is 3.54. The Morgan fingerprint density at radius 3 is 2.76 bits per heavy atom. The largest absolute Gasteiger partial charge is 0.466 e. The summed E-state index contributed by atoms with van der Waals surface area (Å²) in [6.07, 6.45) is -3.35. The Hall–Kier alpha value is -2.36. The van der Waals surface area contributed by atoms with Crippen LogP contribution in [0.1, 0.15) is 25.6 Å². The van der Waals surface area contributed by atoms with Crippen LogP contribution in [-0.2, 0) is 20.5 Å². The standard InChI is InChI=1S/C19H20F3N3O3S/c1-2-28-17(27)12-6-5-9-25(10-12)15(26)11-29-16-13-7-3-4-8-14(13)23-18(24-16)19(20,21)22/h3-4,7-8,12H,2,5-6,9-11H2,1H3. The van der Waals surface area contributed by atoms with Crippen molar-refractivity contribution < 1.29 is 27.5 Å². The molecule has 1 aliphatic rings. The van der Waals surface area contributed by atoms with Gasteiger partial charge in [0.1, 0.15) is 5.03 Å². The Morgan fingerprint density at radius 1 is 1.28 bits per heavy atom. The van der Waals surface area contributed by atoms with E-state index in [4.69, 9.17) is 4.74 Å². The quantitative estimate of drug-likeness (QED) is 0.413. The number of benzene rings is 1. The molecule has 1 aromatic carbocycles. The fourth-order valence-corrected chi connectivity index (χ4v) is 4.08. The number of halogens is 3. The first-order valence-corrected chi connectivity index (χ1v) is 10.2. The van der Waals surface area contributed by atoms with Crippen molar-refractivity contribution in [3.05, 3.63) is 30.1 Å². The molecule has 1 amide bonds. The summed E-state index contributed by atoms with van der Waals surface area (Å²) in [6, 6.07) is 6.38. The average Bonchev–Trinajstić information content (AvgIpc) is 2.71. The molecule has 10 heteroatoms. The number of aromatic nitrogens is 2. The zero-order chi connectivity index (χ0) is 21.0. The molecule has 1 saturated heterocycles. The Labute approximate surface area is 169 Å². The Morgan fingerprint density at radius 2 is 2.03 bits per heavy atom. The van der Waals surface area contributed by atoms with Gasteiger partial charge in [0.25, 0.3) is 0 Å². The summed E-state index contributed by atoms with van der Waals surface area (Å²) in [5.74, 6) is -2.25. The number of thioether (sulfide) groups is 1. The number of carbonyl (C=O) groups excluding carboxylic acids is 2. The topological polar surface area (TPSA) is 72.4 Å². The Balaban J connectivity index is 1.73. The minimum atomic E-state index is -4.68. The lowest BCUT2D eigenvalue weighted by Gasteiger charge is -2.31. The van der Waals surface area contributed by atoms with Crippen molar-refractivity contribution in [1.82, 2.24) is 14.9 Å². The summed E-state index contributed by atoms with van der Waals surface area (Å²) in [5.41, 5.74) is 0.171. The van der Waals surface area contributed by atoms with Crippen LogP contribution in [0.5, 0.6) is 0 Å². The second-order valence-corrected chi connectivity index (χ2v) is 7.55. The van der Waals surface area contributed by atoms with Crippen LogP contribution >= 0.6 is 11.8 Å². The first-order chi connectivity index (χ1) is 13.8. The highest BCUT2D eigenvalue weighted by Crippen LogP contribution is 2.32. The molecule has 0 bridgehead atoms. The van der Waals surface area contributed by atoms with E-state index < -0.39 is 12.0 Å². The Kier molecular flexibility index (Phi) is 6.61. The maximum Gasteiger partial charge on any atom is 0.451 e. The van der Waals surface area contributed by atoms with Crippen molar-refractivity contribution in [2.75, 3.05) is 25.4 Å². The van der Waals surface area contributed by atoms with Gasteiger partial charge < -0.3 is 9.64 Å². The summed E-state index contributed by atoms with van der Waals surface area (Å²) in [7, 11) is 0. The normalized spacial score (nSPS) is 17.4. The van der Waals surface area contributed by atoms with Crippen LogP contribution in [0.4, 0.5) is 13.2 Å². The van der Waals surface area contributed by atoms with E-state index in [2.05, 4.69) is 9.97 Å². The first kappa shape index (κ1) is 21.4. The van der Waals surface area contributed by atoms with Crippen LogP contribution in [0.3, 0.4) is 0 Å². The monoisotopic (exact) mass is 427 g/mol. The van der Waals surface area contributed by atoms with Crippen LogP contribution in [-0.4, -0.2) is 52.2 Å². The summed E-state index contributed by atoms with van der Waals surface area (Å²) in [4.78, 5) is 33.3. The summed E-state index contributed by atoms with van der Waals surface area (Å²) in [6.45, 7) is 2.77. The van der Waals surface area contributed by atoms with Crippen LogP contribution < -0.4 is 0 Å². The third-order valence-corrected chi connectivity index (χ3v) is 5.52. The summed E-state index contributed by atoms with van der Waals surface area (Å²) < 4.78 is 44.4. The molecule has 6 nitrogen and oxygen atoms in total. The van der Waals surface area contributed by atoms with E-state index >= 15 is 0 Å². The number of esters is 1. The van der Waals surface area contributed by atoms with Gasteiger partial charge in [0, 0.05) is 18.5 Å². The molecule has 1 atom stereocenters. The highest BCUT2D eigenvalue weighted by atomic mass is 32.2. The second kappa shape index (κ2) is 8.98. The lowest BCUT2D eigenvalue weighted by Crippen LogP contribution is -2.43. The van der Waals surface area contributed by atoms with Gasteiger partial charge >= 0.3 is 12.1 Å². The molecule has 1 fully saturated rings. The number of piperidine rings is 1. The fraction of sp³-hybridized carbons (Fsp3) is 0.474. The van der Waals surface area contributed by atoms with Gasteiger partial charge in [0.2, 0.25) is 11.7 Å². The number of likely N-dealkylation sites (tertiary alicyclic amines) is 1. The number of para-hydroxylation sites is 1. The molecule has 0 N–H and O–H groups in total. The van der Waals surface area contributed by atoms with Gasteiger partial charge in [-0.05, 0) is 25.8 Å². The second-order valence-electron chi connectivity index (χ2n) is 6.59. The summed E-state index contributed by atoms with van der Waals surface area (Å²) >= 11 is 0.943. The number of hydrogen-bond donors (Lipinski definition) is 0. The molecule has 0 aliphatic carbocycles. The highest BCUT2D eigenvalue weighted by Gasteiger charge is 2.36. The van der Waals surface area contributed by atoms with Crippen molar-refractivity contribution in [3.8, 4) is 0 Å². The molecule has 29 heavy (non-hydrogen) atoms. The SMILES string of the molecule is CCOC(=O)C1CCCN(C(=O)CSc2nc(C(F)(F)F)nc3ccccc23)C1. The fourth-order valence-electron chi connectivity index (χ4n) is 3.16. The van der Waals surface area contributed by atoms with Crippen LogP contribution in [0.25, 0.3) is 10.9 Å². The van der Waals surface area contributed by atoms with Gasteiger partial charge in [-0.2, -0.15) is 13.2 Å². The van der Waals surface area contributed by atoms with E-state index in [1.807, 2.05) is 0 Å². The third kappa shape index (κ3) is 5.17. The van der Waals surface area contributed by atoms with E-state index in [0.29, 0.717) is 24.8 Å². The van der Waals surface area contributed by atoms with E-state index in [0.717, 1.165) is 11.8 Å². The molecular formula is C19H20F3N3O3S. The predicted molar refractivity (Wildman–Crippen MR) is 101 cm³/mol. The molecule has 0 radical (unpaired) electrons. The number of nitrogens with zero attached hydrogens (tertiary/aromatic N) is 3. The molecule has 1 aromatic heterocycles. The molecule has 1 aliphatic heterocycles. The van der Waals surface area contributed by atoms with Crippen molar-refractivity contribution >= 4 is 34.5 Å². The zero-order valence-electron chi connectivity index (χ0n) is 15.7. The van der Waals surface area contributed by atoms with Crippen LogP contribution in [0.15, 0.2) is 29.3 Å². The molecule has 2 heterocycles. The van der Waals surface area contributed by atoms with Crippen molar-refractivity contribution in [1.29, 1.82) is 0 Å². The van der Waals surface area contributed by atoms with Gasteiger partial charge in [-0.15, -0.1) is 0 Å². The Bertz CT molecular complexity index is 907. The smallest absolute Gasteiger partial charge is 0.451 e. The van der Waals surface area contributed by atoms with Gasteiger partial charge in [0.15, 0.2) is 0 Å². The molecule has 3 rings (SSSR count). The zero-order valence-corrected chi connectivity index (χ0v) is 16.6. The number of carbonyl (C=O) groups is 2. The third-order valence-electron chi connectivity index (χ3n) is 4.55. The summed E-state index contributed by atoms with van der Waals surface area (Å²) in [5, 5.41) is 0.566. The van der Waals surface area contributed by atoms with Crippen LogP contribution in [0, 0.1) is 5.92 Å². The van der Waals surface area contributed by atoms with Gasteiger partial charge in [-0.25, -0.2) is 9.97 Å². The number of hydrogen-bond acceptors (Lipinski definition) is 6. The lowest BCUT2D eigenvalue weighted by atomic mass is 9.98. The van der Waals surface area contributed by atoms with Gasteiger partial charge in [0.05, 0.1) is 23.8 Å². The van der Waals surface area contributed by atoms with E-state index in [1.165, 1.54) is 6.07 Å². The van der Waals surface area contributed by atoms with Crippen molar-refractivity contribution in [2.24, 2.45) is 5.92 Å². The van der Waals surface area contributed by atoms with E-state index in [-0.39, 0.29) is 47.2 Å². The number of alkyl halides is 3. The van der Waals surface area contributed by atoms with Crippen LogP contribution in [0.2, 0.25) is 0 Å². The number of amides is 1. The maximum atomic E-state index is 13.1. The molecule has 1 unspecified atom stereocenters. The molecule has 0 spiro atoms. The molecule has 2 aromatic rings. The van der Waals surface area contributed by atoms with Crippen molar-refractivity contribution in [2.45, 2.75) is 31.0 Å². The van der Waals surface area contributed by atoms with Gasteiger partial charge in [-0.1, -0.05) is 30.0 Å². The molecular weight excluding hydrogens is 407 g/mol.